The van der Waals surface area contributed by atoms with Gasteiger partial charge in [0.25, 0.3) is 0 Å². The molecule has 4 nitrogen and oxygen atoms in total. The third-order valence-electron chi connectivity index (χ3n) is 2.95. The average Bonchev–Trinajstić information content (AvgIpc) is 2.49. The third kappa shape index (κ3) is 3.96. The Kier molecular flexibility index (Phi) is 5.38. The summed E-state index contributed by atoms with van der Waals surface area (Å²) in [7, 11) is 0. The van der Waals surface area contributed by atoms with E-state index in [4.69, 9.17) is 15.2 Å². The van der Waals surface area contributed by atoms with Crippen molar-refractivity contribution < 1.29 is 9.47 Å². The standard InChI is InChI=1S/C16H20N2O2/c1-13-15(8-4-9-18-13)19-10-5-11-20-16-7-3-2-6-14(16)12-17/h2-4,6-9H,5,10-12,17H2,1H3. The zero-order valence-corrected chi connectivity index (χ0v) is 11.7. The van der Waals surface area contributed by atoms with Gasteiger partial charge in [-0.2, -0.15) is 0 Å². The Morgan fingerprint density at radius 3 is 2.45 bits per heavy atom. The smallest absolute Gasteiger partial charge is 0.140 e. The molecule has 0 radical (unpaired) electrons. The molecule has 1 aromatic carbocycles. The van der Waals surface area contributed by atoms with E-state index in [2.05, 4.69) is 4.98 Å². The van der Waals surface area contributed by atoms with Crippen LogP contribution in [-0.4, -0.2) is 18.2 Å². The van der Waals surface area contributed by atoms with Crippen molar-refractivity contribution in [2.75, 3.05) is 13.2 Å². The maximum absolute atomic E-state index is 5.72. The van der Waals surface area contributed by atoms with E-state index >= 15 is 0 Å². The predicted octanol–water partition coefficient (Wildman–Crippen LogP) is 2.70. The van der Waals surface area contributed by atoms with Crippen LogP contribution in [0.5, 0.6) is 11.5 Å². The van der Waals surface area contributed by atoms with Crippen molar-refractivity contribution in [2.24, 2.45) is 5.73 Å². The van der Waals surface area contributed by atoms with Crippen LogP contribution < -0.4 is 15.2 Å². The van der Waals surface area contributed by atoms with Crippen molar-refractivity contribution in [3.8, 4) is 11.5 Å². The first-order valence-electron chi connectivity index (χ1n) is 6.76. The topological polar surface area (TPSA) is 57.4 Å². The van der Waals surface area contributed by atoms with Crippen LogP contribution in [0.3, 0.4) is 0 Å². The van der Waals surface area contributed by atoms with Crippen molar-refractivity contribution in [2.45, 2.75) is 19.9 Å². The average molecular weight is 272 g/mol. The van der Waals surface area contributed by atoms with Crippen LogP contribution >= 0.6 is 0 Å². The van der Waals surface area contributed by atoms with Gasteiger partial charge in [0.05, 0.1) is 18.9 Å². The summed E-state index contributed by atoms with van der Waals surface area (Å²) >= 11 is 0. The first-order valence-corrected chi connectivity index (χ1v) is 6.76. The minimum absolute atomic E-state index is 0.488. The van der Waals surface area contributed by atoms with Crippen LogP contribution in [0.1, 0.15) is 17.7 Å². The normalized spacial score (nSPS) is 10.3. The van der Waals surface area contributed by atoms with E-state index < -0.39 is 0 Å². The Bertz CT molecular complexity index is 544. The molecule has 0 aliphatic rings. The molecule has 0 saturated carbocycles. The van der Waals surface area contributed by atoms with Crippen LogP contribution in [0.25, 0.3) is 0 Å². The number of para-hydroxylation sites is 1. The SMILES string of the molecule is Cc1ncccc1OCCCOc1ccccc1CN. The van der Waals surface area contributed by atoms with Gasteiger partial charge in [0.1, 0.15) is 11.5 Å². The molecule has 1 aromatic heterocycles. The number of pyridine rings is 1. The molecule has 0 aliphatic heterocycles. The lowest BCUT2D eigenvalue weighted by molar-refractivity contribution is 0.245. The highest BCUT2D eigenvalue weighted by molar-refractivity contribution is 5.32. The summed E-state index contributed by atoms with van der Waals surface area (Å²) < 4.78 is 11.4. The minimum atomic E-state index is 0.488. The van der Waals surface area contributed by atoms with Crippen molar-refractivity contribution in [3.63, 3.8) is 0 Å². The zero-order valence-electron chi connectivity index (χ0n) is 11.7. The van der Waals surface area contributed by atoms with E-state index in [1.165, 1.54) is 0 Å². The summed E-state index contributed by atoms with van der Waals surface area (Å²) in [6.07, 6.45) is 2.57. The van der Waals surface area contributed by atoms with Crippen LogP contribution in [0, 0.1) is 6.92 Å². The van der Waals surface area contributed by atoms with Crippen LogP contribution in [-0.2, 0) is 6.54 Å². The largest absolute Gasteiger partial charge is 0.493 e. The van der Waals surface area contributed by atoms with E-state index in [-0.39, 0.29) is 0 Å². The van der Waals surface area contributed by atoms with Gasteiger partial charge in [0.2, 0.25) is 0 Å². The first-order chi connectivity index (χ1) is 9.81. The number of aromatic nitrogens is 1. The monoisotopic (exact) mass is 272 g/mol. The molecule has 0 bridgehead atoms. The summed E-state index contributed by atoms with van der Waals surface area (Å²) in [5.74, 6) is 1.68. The summed E-state index contributed by atoms with van der Waals surface area (Å²) in [5.41, 5.74) is 7.59. The Morgan fingerprint density at radius 2 is 1.70 bits per heavy atom. The molecule has 0 saturated heterocycles. The maximum Gasteiger partial charge on any atom is 0.140 e. The highest BCUT2D eigenvalue weighted by atomic mass is 16.5. The highest BCUT2D eigenvalue weighted by Gasteiger charge is 2.01. The fraction of sp³-hybridized carbons (Fsp3) is 0.312. The lowest BCUT2D eigenvalue weighted by Gasteiger charge is -2.11. The predicted molar refractivity (Wildman–Crippen MR) is 78.9 cm³/mol. The number of benzene rings is 1. The third-order valence-corrected chi connectivity index (χ3v) is 2.95. The number of nitrogens with two attached hydrogens (primary N) is 1. The van der Waals surface area contributed by atoms with Crippen molar-refractivity contribution in [1.29, 1.82) is 0 Å². The van der Waals surface area contributed by atoms with Gasteiger partial charge in [-0.25, -0.2) is 0 Å². The van der Waals surface area contributed by atoms with Crippen molar-refractivity contribution in [3.05, 3.63) is 53.9 Å². The Morgan fingerprint density at radius 1 is 1.00 bits per heavy atom. The number of hydrogen-bond donors (Lipinski definition) is 1. The summed E-state index contributed by atoms with van der Waals surface area (Å²) in [4.78, 5) is 4.18. The lowest BCUT2D eigenvalue weighted by Crippen LogP contribution is -2.08. The number of nitrogens with zero attached hydrogens (tertiary/aromatic N) is 1. The molecule has 0 spiro atoms. The van der Waals surface area contributed by atoms with Gasteiger partial charge < -0.3 is 15.2 Å². The molecule has 2 rings (SSSR count). The van der Waals surface area contributed by atoms with Gasteiger partial charge in [-0.3, -0.25) is 4.98 Å². The van der Waals surface area contributed by atoms with E-state index in [9.17, 15) is 0 Å². The van der Waals surface area contributed by atoms with E-state index in [0.29, 0.717) is 19.8 Å². The maximum atomic E-state index is 5.72. The summed E-state index contributed by atoms with van der Waals surface area (Å²) in [5, 5.41) is 0. The molecule has 0 fully saturated rings. The minimum Gasteiger partial charge on any atom is -0.493 e. The quantitative estimate of drug-likeness (QED) is 0.787. The van der Waals surface area contributed by atoms with Gasteiger partial charge in [-0.05, 0) is 25.1 Å². The Hall–Kier alpha value is -2.07. The van der Waals surface area contributed by atoms with Crippen molar-refractivity contribution in [1.82, 2.24) is 4.98 Å². The number of rotatable bonds is 7. The van der Waals surface area contributed by atoms with Gasteiger partial charge in [0, 0.05) is 24.7 Å². The zero-order chi connectivity index (χ0) is 14.2. The number of ether oxygens (including phenoxy) is 2. The second-order valence-electron chi connectivity index (χ2n) is 4.45. The van der Waals surface area contributed by atoms with Gasteiger partial charge in [0.15, 0.2) is 0 Å². The van der Waals surface area contributed by atoms with Gasteiger partial charge in [-0.1, -0.05) is 18.2 Å². The molecule has 0 atom stereocenters. The molecule has 0 amide bonds. The fourth-order valence-corrected chi connectivity index (χ4v) is 1.86. The Balaban J connectivity index is 1.73. The van der Waals surface area contributed by atoms with Crippen LogP contribution in [0.2, 0.25) is 0 Å². The molecule has 4 heteroatoms. The second-order valence-corrected chi connectivity index (χ2v) is 4.45. The fourth-order valence-electron chi connectivity index (χ4n) is 1.86. The molecule has 20 heavy (non-hydrogen) atoms. The molecule has 0 unspecified atom stereocenters. The summed E-state index contributed by atoms with van der Waals surface area (Å²) in [6, 6.07) is 11.6. The van der Waals surface area contributed by atoms with E-state index in [1.807, 2.05) is 43.3 Å². The van der Waals surface area contributed by atoms with Crippen molar-refractivity contribution >= 4 is 0 Å². The summed E-state index contributed by atoms with van der Waals surface area (Å²) in [6.45, 7) is 3.64. The molecule has 2 aromatic rings. The molecular weight excluding hydrogens is 252 g/mol. The molecule has 2 N–H and O–H groups in total. The van der Waals surface area contributed by atoms with E-state index in [1.54, 1.807) is 6.20 Å². The van der Waals surface area contributed by atoms with Gasteiger partial charge in [-0.15, -0.1) is 0 Å². The molecular formula is C16H20N2O2. The first kappa shape index (κ1) is 14.3. The Labute approximate surface area is 119 Å². The van der Waals surface area contributed by atoms with E-state index in [0.717, 1.165) is 29.2 Å². The molecule has 0 aliphatic carbocycles. The van der Waals surface area contributed by atoms with Crippen LogP contribution in [0.4, 0.5) is 0 Å². The number of hydrogen-bond acceptors (Lipinski definition) is 4. The van der Waals surface area contributed by atoms with Gasteiger partial charge >= 0.3 is 0 Å². The molecule has 106 valence electrons. The number of aryl methyl sites for hydroxylation is 1. The van der Waals surface area contributed by atoms with Crippen LogP contribution in [0.15, 0.2) is 42.6 Å². The highest BCUT2D eigenvalue weighted by Crippen LogP contribution is 2.17. The second kappa shape index (κ2) is 7.50. The molecule has 1 heterocycles. The lowest BCUT2D eigenvalue weighted by atomic mass is 10.2.